The summed E-state index contributed by atoms with van der Waals surface area (Å²) in [5.74, 6) is 0. The van der Waals surface area contributed by atoms with Crippen molar-refractivity contribution >= 4 is 75.4 Å². The molecule has 0 aliphatic heterocycles. The molecule has 0 radical (unpaired) electrons. The van der Waals surface area contributed by atoms with Gasteiger partial charge in [0.15, 0.2) is 0 Å². The predicted molar refractivity (Wildman–Crippen MR) is 131 cm³/mol. The molecule has 0 unspecified atom stereocenters. The highest BCUT2D eigenvalue weighted by atomic mass is 14.2. The van der Waals surface area contributed by atoms with Gasteiger partial charge >= 0.3 is 0 Å². The van der Waals surface area contributed by atoms with Crippen molar-refractivity contribution in [2.24, 2.45) is 0 Å². The van der Waals surface area contributed by atoms with E-state index in [1.54, 1.807) is 0 Å². The maximum Gasteiger partial charge on any atom is -0.00139 e. The Bertz CT molecular complexity index is 1930. The molecular formula is C30H16. The quantitative estimate of drug-likeness (QED) is 0.183. The Labute approximate surface area is 172 Å². The van der Waals surface area contributed by atoms with Gasteiger partial charge in [0, 0.05) is 0 Å². The predicted octanol–water partition coefficient (Wildman–Crippen LogP) is 8.63. The Kier molecular flexibility index (Phi) is 2.49. The smallest absolute Gasteiger partial charge is 0.00139 e. The minimum atomic E-state index is 1.31. The average molecular weight is 376 g/mol. The third-order valence-electron chi connectivity index (χ3n) is 7.05. The SMILES string of the molecule is c1ccc2c(c1)cc1cc3ccc4cc5ccccc5c5cc6ccc2c1c6c3c45. The zero-order valence-electron chi connectivity index (χ0n) is 16.2. The fourth-order valence-electron chi connectivity index (χ4n) is 5.83. The van der Waals surface area contributed by atoms with Crippen LogP contribution >= 0.6 is 0 Å². The van der Waals surface area contributed by atoms with Crippen LogP contribution in [0.15, 0.2) is 97.1 Å². The molecule has 0 heteroatoms. The van der Waals surface area contributed by atoms with Crippen molar-refractivity contribution in [3.05, 3.63) is 97.1 Å². The van der Waals surface area contributed by atoms with Gasteiger partial charge < -0.3 is 0 Å². The molecule has 30 heavy (non-hydrogen) atoms. The van der Waals surface area contributed by atoms with Crippen molar-refractivity contribution in [1.82, 2.24) is 0 Å². The maximum atomic E-state index is 2.42. The number of fused-ring (bicyclic) bond motifs is 4. The number of hydrogen-bond donors (Lipinski definition) is 0. The van der Waals surface area contributed by atoms with Crippen molar-refractivity contribution in [3.63, 3.8) is 0 Å². The van der Waals surface area contributed by atoms with Crippen LogP contribution in [-0.2, 0) is 0 Å². The monoisotopic (exact) mass is 376 g/mol. The van der Waals surface area contributed by atoms with Crippen LogP contribution in [0.1, 0.15) is 0 Å². The first kappa shape index (κ1) is 15.0. The summed E-state index contributed by atoms with van der Waals surface area (Å²) < 4.78 is 0. The molecule has 0 spiro atoms. The topological polar surface area (TPSA) is 0 Å². The van der Waals surface area contributed by atoms with Crippen LogP contribution < -0.4 is 0 Å². The van der Waals surface area contributed by atoms with Crippen LogP contribution in [0.2, 0.25) is 0 Å². The fourth-order valence-corrected chi connectivity index (χ4v) is 5.83. The summed E-state index contributed by atoms with van der Waals surface area (Å²) in [6.45, 7) is 0. The standard InChI is InChI=1S/C30H16/c1-3-7-23-18(6-1)14-22-15-20-10-9-19-13-17-5-2-4-8-24(17)26-16-21-11-12-25(23)28(22)30(21)29(20)27(19)26/h1-16H. The van der Waals surface area contributed by atoms with Crippen LogP contribution in [-0.4, -0.2) is 0 Å². The molecule has 0 saturated carbocycles. The van der Waals surface area contributed by atoms with Crippen LogP contribution in [0.5, 0.6) is 0 Å². The van der Waals surface area contributed by atoms with Crippen molar-refractivity contribution in [2.75, 3.05) is 0 Å². The summed E-state index contributed by atoms with van der Waals surface area (Å²) in [4.78, 5) is 0. The van der Waals surface area contributed by atoms with E-state index >= 15 is 0 Å². The minimum Gasteiger partial charge on any atom is -0.0616 e. The summed E-state index contributed by atoms with van der Waals surface area (Å²) in [5, 5.41) is 19.0. The maximum absolute atomic E-state index is 2.42. The van der Waals surface area contributed by atoms with Gasteiger partial charge in [-0.15, -0.1) is 0 Å². The summed E-state index contributed by atoms with van der Waals surface area (Å²) in [7, 11) is 0. The largest absolute Gasteiger partial charge is 0.0616 e. The van der Waals surface area contributed by atoms with Gasteiger partial charge in [-0.1, -0.05) is 72.8 Å². The molecule has 0 saturated heterocycles. The van der Waals surface area contributed by atoms with E-state index in [2.05, 4.69) is 97.1 Å². The summed E-state index contributed by atoms with van der Waals surface area (Å²) in [5.41, 5.74) is 0. The van der Waals surface area contributed by atoms with Crippen LogP contribution in [0.4, 0.5) is 0 Å². The zero-order valence-corrected chi connectivity index (χ0v) is 16.2. The van der Waals surface area contributed by atoms with Crippen LogP contribution in [0.3, 0.4) is 0 Å². The van der Waals surface area contributed by atoms with E-state index in [-0.39, 0.29) is 0 Å². The fraction of sp³-hybridized carbons (Fsp3) is 0. The second-order valence-corrected chi connectivity index (χ2v) is 8.57. The zero-order chi connectivity index (χ0) is 19.4. The number of benzene rings is 8. The normalized spacial score (nSPS) is 12.7. The first-order valence-corrected chi connectivity index (χ1v) is 10.5. The lowest BCUT2D eigenvalue weighted by atomic mass is 9.84. The van der Waals surface area contributed by atoms with Crippen LogP contribution in [0.25, 0.3) is 75.4 Å². The molecule has 8 rings (SSSR count). The van der Waals surface area contributed by atoms with Crippen molar-refractivity contribution < 1.29 is 0 Å². The van der Waals surface area contributed by atoms with E-state index in [0.29, 0.717) is 0 Å². The number of hydrogen-bond acceptors (Lipinski definition) is 0. The first-order valence-electron chi connectivity index (χ1n) is 10.5. The first-order chi connectivity index (χ1) is 14.9. The molecule has 0 atom stereocenters. The average Bonchev–Trinajstić information content (AvgIpc) is 2.80. The Hall–Kier alpha value is -3.90. The third kappa shape index (κ3) is 1.66. The molecular weight excluding hydrogens is 360 g/mol. The second-order valence-electron chi connectivity index (χ2n) is 8.57. The minimum absolute atomic E-state index is 1.31. The van der Waals surface area contributed by atoms with Gasteiger partial charge in [-0.05, 0) is 99.7 Å². The Morgan fingerprint density at radius 2 is 0.767 bits per heavy atom. The summed E-state index contributed by atoms with van der Waals surface area (Å²) in [6.07, 6.45) is 0. The van der Waals surface area contributed by atoms with Crippen molar-refractivity contribution in [2.45, 2.75) is 0 Å². The summed E-state index contributed by atoms with van der Waals surface area (Å²) >= 11 is 0. The molecule has 0 heterocycles. The summed E-state index contributed by atoms with van der Waals surface area (Å²) in [6, 6.07) is 36.3. The lowest BCUT2D eigenvalue weighted by Crippen LogP contribution is -1.91. The highest BCUT2D eigenvalue weighted by molar-refractivity contribution is 6.40. The van der Waals surface area contributed by atoms with Gasteiger partial charge in [0.2, 0.25) is 0 Å². The molecule has 0 fully saturated rings. The van der Waals surface area contributed by atoms with Gasteiger partial charge in [-0.25, -0.2) is 0 Å². The molecule has 0 aliphatic carbocycles. The Morgan fingerprint density at radius 1 is 0.267 bits per heavy atom. The molecule has 0 aromatic heterocycles. The van der Waals surface area contributed by atoms with E-state index in [9.17, 15) is 0 Å². The Morgan fingerprint density at radius 3 is 1.53 bits per heavy atom. The molecule has 0 N–H and O–H groups in total. The highest BCUT2D eigenvalue weighted by Crippen LogP contribution is 2.46. The highest BCUT2D eigenvalue weighted by Gasteiger charge is 2.18. The van der Waals surface area contributed by atoms with Gasteiger partial charge in [-0.3, -0.25) is 0 Å². The van der Waals surface area contributed by atoms with Crippen LogP contribution in [0, 0.1) is 0 Å². The second kappa shape index (κ2) is 4.98. The van der Waals surface area contributed by atoms with Gasteiger partial charge in [-0.2, -0.15) is 0 Å². The van der Waals surface area contributed by atoms with E-state index in [4.69, 9.17) is 0 Å². The molecule has 136 valence electrons. The third-order valence-corrected chi connectivity index (χ3v) is 7.05. The lowest BCUT2D eigenvalue weighted by Gasteiger charge is -2.19. The van der Waals surface area contributed by atoms with Gasteiger partial charge in [0.25, 0.3) is 0 Å². The molecule has 0 aliphatic rings. The van der Waals surface area contributed by atoms with Crippen molar-refractivity contribution in [3.8, 4) is 0 Å². The molecule has 0 bridgehead atoms. The number of rotatable bonds is 0. The van der Waals surface area contributed by atoms with E-state index in [1.807, 2.05) is 0 Å². The Balaban J connectivity index is 1.77. The van der Waals surface area contributed by atoms with Gasteiger partial charge in [0.05, 0.1) is 0 Å². The molecule has 8 aromatic carbocycles. The van der Waals surface area contributed by atoms with Crippen molar-refractivity contribution in [1.29, 1.82) is 0 Å². The lowest BCUT2D eigenvalue weighted by molar-refractivity contribution is 1.79. The molecule has 0 amide bonds. The molecule has 8 aromatic rings. The molecule has 0 nitrogen and oxygen atoms in total. The van der Waals surface area contributed by atoms with E-state index in [0.717, 1.165) is 0 Å². The van der Waals surface area contributed by atoms with E-state index < -0.39 is 0 Å². The van der Waals surface area contributed by atoms with E-state index in [1.165, 1.54) is 75.4 Å². The van der Waals surface area contributed by atoms with Gasteiger partial charge in [0.1, 0.15) is 0 Å².